The number of rotatable bonds is 8. The second-order valence-electron chi connectivity index (χ2n) is 5.53. The van der Waals surface area contributed by atoms with E-state index in [0.717, 1.165) is 11.1 Å². The van der Waals surface area contributed by atoms with Crippen LogP contribution < -0.4 is 0 Å². The minimum atomic E-state index is -0.944. The zero-order chi connectivity index (χ0) is 15.8. The SMILES string of the molecule is C=CCC(O)(CCCC(=O)c1ccccc1)c1ccccc1. The van der Waals surface area contributed by atoms with Gasteiger partial charge >= 0.3 is 0 Å². The third-order valence-electron chi connectivity index (χ3n) is 3.88. The molecule has 0 amide bonds. The minimum Gasteiger partial charge on any atom is -0.385 e. The Hall–Kier alpha value is -2.19. The summed E-state index contributed by atoms with van der Waals surface area (Å²) in [4.78, 5) is 12.1. The number of Topliss-reactive ketones (excluding diaryl/α,β-unsaturated/α-hetero) is 1. The summed E-state index contributed by atoms with van der Waals surface area (Å²) in [5.41, 5.74) is 0.663. The van der Waals surface area contributed by atoms with Gasteiger partial charge in [-0.1, -0.05) is 66.7 Å². The summed E-state index contributed by atoms with van der Waals surface area (Å²) < 4.78 is 0. The molecule has 1 unspecified atom stereocenters. The lowest BCUT2D eigenvalue weighted by Crippen LogP contribution is -2.25. The van der Waals surface area contributed by atoms with E-state index in [1.54, 1.807) is 6.08 Å². The van der Waals surface area contributed by atoms with Crippen LogP contribution in [0.4, 0.5) is 0 Å². The van der Waals surface area contributed by atoms with E-state index in [4.69, 9.17) is 0 Å². The second kappa shape index (κ2) is 7.71. The van der Waals surface area contributed by atoms with Crippen LogP contribution >= 0.6 is 0 Å². The average Bonchev–Trinajstić information content (AvgIpc) is 2.56. The van der Waals surface area contributed by atoms with E-state index in [9.17, 15) is 9.90 Å². The van der Waals surface area contributed by atoms with Crippen molar-refractivity contribution >= 4 is 5.78 Å². The van der Waals surface area contributed by atoms with Crippen LogP contribution in [0.1, 0.15) is 41.6 Å². The Bertz CT molecular complexity index is 604. The second-order valence-corrected chi connectivity index (χ2v) is 5.53. The predicted molar refractivity (Wildman–Crippen MR) is 89.8 cm³/mol. The topological polar surface area (TPSA) is 37.3 Å². The van der Waals surface area contributed by atoms with E-state index in [1.165, 1.54) is 0 Å². The molecule has 114 valence electrons. The van der Waals surface area contributed by atoms with E-state index in [2.05, 4.69) is 6.58 Å². The Balaban J connectivity index is 1.98. The normalized spacial score (nSPS) is 13.3. The van der Waals surface area contributed by atoms with Crippen LogP contribution in [0.2, 0.25) is 0 Å². The fraction of sp³-hybridized carbons (Fsp3) is 0.250. The van der Waals surface area contributed by atoms with Crippen LogP contribution in [0.15, 0.2) is 73.3 Å². The molecule has 0 bridgehead atoms. The van der Waals surface area contributed by atoms with Gasteiger partial charge in [0.1, 0.15) is 0 Å². The van der Waals surface area contributed by atoms with E-state index < -0.39 is 5.60 Å². The summed E-state index contributed by atoms with van der Waals surface area (Å²) in [6.07, 6.45) is 3.84. The maximum Gasteiger partial charge on any atom is 0.162 e. The van der Waals surface area contributed by atoms with Gasteiger partial charge in [0.2, 0.25) is 0 Å². The molecule has 2 aromatic carbocycles. The van der Waals surface area contributed by atoms with Crippen molar-refractivity contribution in [2.75, 3.05) is 0 Å². The van der Waals surface area contributed by atoms with Gasteiger partial charge in [0, 0.05) is 12.0 Å². The highest BCUT2D eigenvalue weighted by Crippen LogP contribution is 2.31. The summed E-state index contributed by atoms with van der Waals surface area (Å²) in [6.45, 7) is 3.74. The first-order chi connectivity index (χ1) is 10.7. The largest absolute Gasteiger partial charge is 0.385 e. The van der Waals surface area contributed by atoms with E-state index >= 15 is 0 Å². The Labute approximate surface area is 132 Å². The monoisotopic (exact) mass is 294 g/mol. The van der Waals surface area contributed by atoms with Crippen LogP contribution in [0.5, 0.6) is 0 Å². The highest BCUT2D eigenvalue weighted by molar-refractivity contribution is 5.95. The van der Waals surface area contributed by atoms with Crippen molar-refractivity contribution in [2.45, 2.75) is 31.3 Å². The molecule has 2 heteroatoms. The first-order valence-electron chi connectivity index (χ1n) is 7.63. The third-order valence-corrected chi connectivity index (χ3v) is 3.88. The van der Waals surface area contributed by atoms with Crippen molar-refractivity contribution < 1.29 is 9.90 Å². The Morgan fingerprint density at radius 3 is 2.23 bits per heavy atom. The Morgan fingerprint density at radius 2 is 1.64 bits per heavy atom. The zero-order valence-electron chi connectivity index (χ0n) is 12.7. The first kappa shape index (κ1) is 16.2. The quantitative estimate of drug-likeness (QED) is 0.575. The fourth-order valence-corrected chi connectivity index (χ4v) is 2.66. The molecule has 0 heterocycles. The molecule has 2 rings (SSSR count). The van der Waals surface area contributed by atoms with Crippen molar-refractivity contribution in [3.05, 3.63) is 84.4 Å². The molecule has 0 fully saturated rings. The van der Waals surface area contributed by atoms with Gasteiger partial charge in [0.15, 0.2) is 5.78 Å². The summed E-state index contributed by atoms with van der Waals surface area (Å²) in [5.74, 6) is 0.120. The molecular weight excluding hydrogens is 272 g/mol. The van der Waals surface area contributed by atoms with Gasteiger partial charge in [-0.25, -0.2) is 0 Å². The summed E-state index contributed by atoms with van der Waals surface area (Å²) in [6, 6.07) is 18.9. The smallest absolute Gasteiger partial charge is 0.162 e. The van der Waals surface area contributed by atoms with Crippen LogP contribution in [0.3, 0.4) is 0 Å². The average molecular weight is 294 g/mol. The number of hydrogen-bond donors (Lipinski definition) is 1. The van der Waals surface area contributed by atoms with Crippen molar-refractivity contribution in [3.8, 4) is 0 Å². The van der Waals surface area contributed by atoms with Crippen molar-refractivity contribution in [2.24, 2.45) is 0 Å². The maximum atomic E-state index is 12.1. The number of carbonyl (C=O) groups excluding carboxylic acids is 1. The highest BCUT2D eigenvalue weighted by Gasteiger charge is 2.27. The van der Waals surface area contributed by atoms with Crippen LogP contribution in [-0.4, -0.2) is 10.9 Å². The van der Waals surface area contributed by atoms with Gasteiger partial charge in [0.25, 0.3) is 0 Å². The molecule has 1 N–H and O–H groups in total. The number of hydrogen-bond acceptors (Lipinski definition) is 2. The summed E-state index contributed by atoms with van der Waals surface area (Å²) in [5, 5.41) is 10.9. The van der Waals surface area contributed by atoms with Crippen LogP contribution in [0.25, 0.3) is 0 Å². The lowest BCUT2D eigenvalue weighted by molar-refractivity contribution is 0.0280. The highest BCUT2D eigenvalue weighted by atomic mass is 16.3. The third kappa shape index (κ3) is 4.15. The number of carbonyl (C=O) groups is 1. The maximum absolute atomic E-state index is 12.1. The molecule has 0 aromatic heterocycles. The van der Waals surface area contributed by atoms with E-state index in [1.807, 2.05) is 60.7 Å². The zero-order valence-corrected chi connectivity index (χ0v) is 12.7. The molecule has 0 aliphatic rings. The molecule has 0 spiro atoms. The predicted octanol–water partition coefficient (Wildman–Crippen LogP) is 4.50. The number of benzene rings is 2. The molecule has 0 aliphatic heterocycles. The Kier molecular flexibility index (Phi) is 5.68. The minimum absolute atomic E-state index is 0.120. The molecule has 0 saturated carbocycles. The van der Waals surface area contributed by atoms with Crippen LogP contribution in [0, 0.1) is 0 Å². The lowest BCUT2D eigenvalue weighted by Gasteiger charge is -2.27. The number of ketones is 1. The van der Waals surface area contributed by atoms with Crippen molar-refractivity contribution in [3.63, 3.8) is 0 Å². The molecule has 2 nitrogen and oxygen atoms in total. The lowest BCUT2D eigenvalue weighted by atomic mass is 9.85. The van der Waals surface area contributed by atoms with Gasteiger partial charge in [0.05, 0.1) is 5.60 Å². The molecule has 0 radical (unpaired) electrons. The Morgan fingerprint density at radius 1 is 1.05 bits per heavy atom. The van der Waals surface area contributed by atoms with Crippen LogP contribution in [-0.2, 0) is 5.60 Å². The van der Waals surface area contributed by atoms with Gasteiger partial charge in [-0.15, -0.1) is 6.58 Å². The van der Waals surface area contributed by atoms with Gasteiger partial charge in [-0.3, -0.25) is 4.79 Å². The fourth-order valence-electron chi connectivity index (χ4n) is 2.66. The van der Waals surface area contributed by atoms with E-state index in [0.29, 0.717) is 25.7 Å². The molecule has 0 saturated heterocycles. The molecular formula is C20H22O2. The molecule has 1 atom stereocenters. The van der Waals surface area contributed by atoms with Crippen molar-refractivity contribution in [1.82, 2.24) is 0 Å². The van der Waals surface area contributed by atoms with Gasteiger partial charge in [-0.05, 0) is 24.8 Å². The number of aliphatic hydroxyl groups is 1. The van der Waals surface area contributed by atoms with Crippen molar-refractivity contribution in [1.29, 1.82) is 0 Å². The van der Waals surface area contributed by atoms with E-state index in [-0.39, 0.29) is 5.78 Å². The summed E-state index contributed by atoms with van der Waals surface area (Å²) >= 11 is 0. The van der Waals surface area contributed by atoms with Gasteiger partial charge in [-0.2, -0.15) is 0 Å². The molecule has 22 heavy (non-hydrogen) atoms. The molecule has 2 aromatic rings. The first-order valence-corrected chi connectivity index (χ1v) is 7.63. The summed E-state index contributed by atoms with van der Waals surface area (Å²) in [7, 11) is 0. The molecule has 0 aliphatic carbocycles. The standard InChI is InChI=1S/C20H22O2/c1-2-15-20(22,18-12-7-4-8-13-18)16-9-14-19(21)17-10-5-3-6-11-17/h2-8,10-13,22H,1,9,14-16H2. The van der Waals surface area contributed by atoms with Gasteiger partial charge < -0.3 is 5.11 Å².